The maximum Gasteiger partial charge on any atom is 0.396 e. The highest BCUT2D eigenvalue weighted by Crippen LogP contribution is 2.22. The normalized spacial score (nSPS) is 13.3. The molecule has 0 aliphatic rings. The van der Waals surface area contributed by atoms with Gasteiger partial charge in [-0.1, -0.05) is 24.3 Å². The Morgan fingerprint density at radius 1 is 1.57 bits per heavy atom. The molecule has 0 fully saturated rings. The zero-order chi connectivity index (χ0) is 10.1. The molecule has 1 aromatic heterocycles. The summed E-state index contributed by atoms with van der Waals surface area (Å²) in [5.41, 5.74) is 1.60. The summed E-state index contributed by atoms with van der Waals surface area (Å²) in [7, 11) is 0. The number of rotatable bonds is 2. The molecule has 0 bridgehead atoms. The second-order valence-electron chi connectivity index (χ2n) is 3.24. The fraction of sp³-hybridized carbons (Fsp3) is 0.300. The van der Waals surface area contributed by atoms with Crippen LogP contribution in [0.2, 0.25) is 0 Å². The van der Waals surface area contributed by atoms with Crippen LogP contribution in [0.15, 0.2) is 27.4 Å². The second-order valence-corrected chi connectivity index (χ2v) is 4.22. The van der Waals surface area contributed by atoms with Crippen molar-refractivity contribution in [2.24, 2.45) is 0 Å². The molecule has 3 nitrogen and oxygen atoms in total. The lowest BCUT2D eigenvalue weighted by atomic mass is 10.0. The summed E-state index contributed by atoms with van der Waals surface area (Å²) in [6.07, 6.45) is 0. The van der Waals surface area contributed by atoms with Crippen molar-refractivity contribution in [2.45, 2.75) is 12.8 Å². The number of hydrogen-bond donors (Lipinski definition) is 1. The Hall–Kier alpha value is -1.13. The minimum Gasteiger partial charge on any atom is -0.414 e. The molecule has 0 aliphatic heterocycles. The van der Waals surface area contributed by atoms with Crippen LogP contribution in [0.1, 0.15) is 18.4 Å². The van der Waals surface area contributed by atoms with E-state index in [1.54, 1.807) is 0 Å². The Bertz CT molecular complexity index is 497. The van der Waals surface area contributed by atoms with Crippen LogP contribution in [0.25, 0.3) is 10.3 Å². The standard InChI is InChI=1S/C10H10O3S/c1-6(5-11)7-2-3-9-8(4-7)13-10(12)14-9/h2-4,6,11H,5H2,1H3. The van der Waals surface area contributed by atoms with Crippen LogP contribution < -0.4 is 4.94 Å². The average Bonchev–Trinajstić information content (AvgIpc) is 2.55. The van der Waals surface area contributed by atoms with Crippen molar-refractivity contribution in [3.63, 3.8) is 0 Å². The summed E-state index contributed by atoms with van der Waals surface area (Å²) in [5.74, 6) is 0.0737. The predicted octanol–water partition coefficient (Wildman–Crippen LogP) is 1.95. The Morgan fingerprint density at radius 2 is 2.36 bits per heavy atom. The average molecular weight is 210 g/mol. The molecule has 0 saturated heterocycles. The molecule has 0 saturated carbocycles. The van der Waals surface area contributed by atoms with Crippen LogP contribution in [0.4, 0.5) is 0 Å². The number of benzene rings is 1. The van der Waals surface area contributed by atoms with Gasteiger partial charge >= 0.3 is 4.94 Å². The molecule has 1 N–H and O–H groups in total. The molecule has 1 unspecified atom stereocenters. The Labute approximate surface area is 84.6 Å². The van der Waals surface area contributed by atoms with Gasteiger partial charge in [0.1, 0.15) is 5.58 Å². The van der Waals surface area contributed by atoms with E-state index < -0.39 is 0 Å². The van der Waals surface area contributed by atoms with E-state index in [9.17, 15) is 4.79 Å². The Balaban J connectivity index is 2.55. The van der Waals surface area contributed by atoms with Crippen LogP contribution in [0.5, 0.6) is 0 Å². The molecular formula is C10H10O3S. The van der Waals surface area contributed by atoms with Gasteiger partial charge in [0.05, 0.1) is 4.70 Å². The van der Waals surface area contributed by atoms with Crippen molar-refractivity contribution in [1.82, 2.24) is 0 Å². The number of aliphatic hydroxyl groups is 1. The fourth-order valence-electron chi connectivity index (χ4n) is 1.30. The first-order chi connectivity index (χ1) is 6.70. The van der Waals surface area contributed by atoms with Crippen LogP contribution in [-0.4, -0.2) is 11.7 Å². The monoisotopic (exact) mass is 210 g/mol. The van der Waals surface area contributed by atoms with Gasteiger partial charge in [0.2, 0.25) is 0 Å². The highest BCUT2D eigenvalue weighted by Gasteiger charge is 2.07. The summed E-state index contributed by atoms with van der Waals surface area (Å²) in [4.78, 5) is 10.7. The van der Waals surface area contributed by atoms with Gasteiger partial charge in [-0.15, -0.1) is 0 Å². The van der Waals surface area contributed by atoms with Gasteiger partial charge in [0, 0.05) is 12.5 Å². The third kappa shape index (κ3) is 1.58. The van der Waals surface area contributed by atoms with Gasteiger partial charge in [-0.2, -0.15) is 0 Å². The van der Waals surface area contributed by atoms with E-state index in [4.69, 9.17) is 9.52 Å². The molecule has 4 heteroatoms. The van der Waals surface area contributed by atoms with E-state index in [0.29, 0.717) is 5.58 Å². The van der Waals surface area contributed by atoms with E-state index in [0.717, 1.165) is 21.6 Å². The molecule has 0 radical (unpaired) electrons. The SMILES string of the molecule is CC(CO)c1ccc2sc(=O)oc2c1. The first-order valence-electron chi connectivity index (χ1n) is 4.35. The smallest absolute Gasteiger partial charge is 0.396 e. The third-order valence-electron chi connectivity index (χ3n) is 2.20. The lowest BCUT2D eigenvalue weighted by Gasteiger charge is -2.06. The molecular weight excluding hydrogens is 200 g/mol. The topological polar surface area (TPSA) is 50.4 Å². The molecule has 0 aliphatic carbocycles. The quantitative estimate of drug-likeness (QED) is 0.824. The zero-order valence-electron chi connectivity index (χ0n) is 7.69. The molecule has 2 aromatic rings. The lowest BCUT2D eigenvalue weighted by molar-refractivity contribution is 0.273. The fourth-order valence-corrected chi connectivity index (χ4v) is 1.95. The van der Waals surface area contributed by atoms with Crippen molar-refractivity contribution in [3.8, 4) is 0 Å². The summed E-state index contributed by atoms with van der Waals surface area (Å²) >= 11 is 1.10. The van der Waals surface area contributed by atoms with Crippen molar-refractivity contribution >= 4 is 21.6 Å². The predicted molar refractivity (Wildman–Crippen MR) is 55.9 cm³/mol. The molecule has 0 amide bonds. The summed E-state index contributed by atoms with van der Waals surface area (Å²) in [6, 6.07) is 5.58. The van der Waals surface area contributed by atoms with Gasteiger partial charge in [-0.25, -0.2) is 4.79 Å². The molecule has 74 valence electrons. The van der Waals surface area contributed by atoms with E-state index in [-0.39, 0.29) is 17.5 Å². The minimum absolute atomic E-state index is 0.0737. The van der Waals surface area contributed by atoms with Crippen molar-refractivity contribution in [2.75, 3.05) is 6.61 Å². The highest BCUT2D eigenvalue weighted by atomic mass is 32.1. The molecule has 14 heavy (non-hydrogen) atoms. The number of hydrogen-bond acceptors (Lipinski definition) is 4. The van der Waals surface area contributed by atoms with Crippen LogP contribution in [0.3, 0.4) is 0 Å². The van der Waals surface area contributed by atoms with Crippen molar-refractivity contribution in [1.29, 1.82) is 0 Å². The molecule has 1 aromatic carbocycles. The van der Waals surface area contributed by atoms with Gasteiger partial charge in [-0.3, -0.25) is 0 Å². The van der Waals surface area contributed by atoms with E-state index in [1.165, 1.54) is 0 Å². The molecule has 1 atom stereocenters. The van der Waals surface area contributed by atoms with Gasteiger partial charge in [0.25, 0.3) is 0 Å². The van der Waals surface area contributed by atoms with E-state index in [1.807, 2.05) is 25.1 Å². The van der Waals surface area contributed by atoms with Gasteiger partial charge < -0.3 is 9.52 Å². The van der Waals surface area contributed by atoms with Crippen molar-refractivity contribution < 1.29 is 9.52 Å². The minimum atomic E-state index is -0.284. The molecule has 0 spiro atoms. The van der Waals surface area contributed by atoms with Crippen LogP contribution in [-0.2, 0) is 0 Å². The largest absolute Gasteiger partial charge is 0.414 e. The van der Waals surface area contributed by atoms with Crippen LogP contribution >= 0.6 is 11.3 Å². The maximum atomic E-state index is 10.9. The zero-order valence-corrected chi connectivity index (χ0v) is 8.50. The van der Waals surface area contributed by atoms with Crippen LogP contribution in [0, 0.1) is 0 Å². The second kappa shape index (κ2) is 3.55. The lowest BCUT2D eigenvalue weighted by Crippen LogP contribution is -1.97. The number of fused-ring (bicyclic) bond motifs is 1. The number of aliphatic hydroxyl groups excluding tert-OH is 1. The first kappa shape index (κ1) is 9.43. The van der Waals surface area contributed by atoms with Crippen molar-refractivity contribution in [3.05, 3.63) is 33.5 Å². The van der Waals surface area contributed by atoms with Gasteiger partial charge in [0.15, 0.2) is 0 Å². The summed E-state index contributed by atoms with van der Waals surface area (Å²) in [6.45, 7) is 2.02. The molecule has 2 rings (SSSR count). The Morgan fingerprint density at radius 3 is 3.07 bits per heavy atom. The summed E-state index contributed by atoms with van der Waals surface area (Å²) < 4.78 is 5.84. The van der Waals surface area contributed by atoms with E-state index >= 15 is 0 Å². The maximum absolute atomic E-state index is 10.9. The molecule has 1 heterocycles. The first-order valence-corrected chi connectivity index (χ1v) is 5.17. The van der Waals surface area contributed by atoms with E-state index in [2.05, 4.69) is 0 Å². The highest BCUT2D eigenvalue weighted by molar-refractivity contribution is 7.16. The van der Waals surface area contributed by atoms with Gasteiger partial charge in [-0.05, 0) is 17.7 Å². The summed E-state index contributed by atoms with van der Waals surface area (Å²) in [5, 5.41) is 8.98. The third-order valence-corrected chi connectivity index (χ3v) is 3.00. The Kier molecular flexibility index (Phi) is 2.39.